The minimum Gasteiger partial charge on any atom is -0.248 e. The van der Waals surface area contributed by atoms with E-state index in [0.717, 1.165) is 66.5 Å². The third kappa shape index (κ3) is 6.09. The van der Waals surface area contributed by atoms with Crippen molar-refractivity contribution >= 4 is 21.7 Å². The van der Waals surface area contributed by atoms with Crippen LogP contribution in [0.25, 0.3) is 100 Å². The van der Waals surface area contributed by atoms with Gasteiger partial charge < -0.3 is 0 Å². The lowest BCUT2D eigenvalue weighted by Gasteiger charge is -2.22. The molecular weight excluding hydrogens is 717 g/mol. The summed E-state index contributed by atoms with van der Waals surface area (Å²) in [5.74, 6) is 1.87. The number of rotatable bonds is 6. The summed E-state index contributed by atoms with van der Waals surface area (Å²) in [7, 11) is 0. The molecule has 2 aromatic heterocycles. The first kappa shape index (κ1) is 34.7. The van der Waals surface area contributed by atoms with Crippen molar-refractivity contribution in [1.29, 1.82) is 0 Å². The molecule has 0 N–H and O–H groups in total. The summed E-state index contributed by atoms with van der Waals surface area (Å²) in [5.41, 5.74) is 15.3. The maximum Gasteiger partial charge on any atom is 0.164 e. The van der Waals surface area contributed by atoms with Crippen LogP contribution in [0.1, 0.15) is 25.0 Å². The van der Waals surface area contributed by atoms with E-state index in [9.17, 15) is 0 Å². The molecule has 4 heteroatoms. The Labute approximate surface area is 343 Å². The Kier molecular flexibility index (Phi) is 8.12. The summed E-state index contributed by atoms with van der Waals surface area (Å²) in [6.07, 6.45) is 0. The SMILES string of the molecule is CC1(C)c2ccccc2-c2cc3c(-c4cccc(-c5nc(-c6cccc(-c7ccccc7)c6)nc(-c6ccc7ccccc7c6)n5)c4)cc(-c4ccccc4)nc3cc21. The van der Waals surface area contributed by atoms with Gasteiger partial charge in [0.2, 0.25) is 0 Å². The first-order valence-electron chi connectivity index (χ1n) is 20.1. The largest absolute Gasteiger partial charge is 0.248 e. The molecule has 1 aliphatic rings. The fourth-order valence-electron chi connectivity index (χ4n) is 8.80. The Balaban J connectivity index is 1.11. The van der Waals surface area contributed by atoms with Gasteiger partial charge in [-0.15, -0.1) is 0 Å². The zero-order chi connectivity index (χ0) is 39.5. The van der Waals surface area contributed by atoms with Crippen LogP contribution in [0.5, 0.6) is 0 Å². The van der Waals surface area contributed by atoms with Crippen LogP contribution in [0.2, 0.25) is 0 Å². The quantitative estimate of drug-likeness (QED) is 0.170. The molecule has 2 heterocycles. The number of pyridine rings is 1. The lowest BCUT2D eigenvalue weighted by molar-refractivity contribution is 0.661. The van der Waals surface area contributed by atoms with Crippen LogP contribution < -0.4 is 0 Å². The van der Waals surface area contributed by atoms with Gasteiger partial charge in [0.1, 0.15) is 0 Å². The third-order valence-corrected chi connectivity index (χ3v) is 11.9. The molecule has 0 saturated heterocycles. The zero-order valence-electron chi connectivity index (χ0n) is 32.8. The van der Waals surface area contributed by atoms with Crippen molar-refractivity contribution in [2.45, 2.75) is 19.3 Å². The second-order valence-corrected chi connectivity index (χ2v) is 15.9. The maximum atomic E-state index is 5.33. The molecule has 278 valence electrons. The van der Waals surface area contributed by atoms with Gasteiger partial charge in [0.05, 0.1) is 11.2 Å². The molecule has 11 rings (SSSR count). The maximum absolute atomic E-state index is 5.33. The number of hydrogen-bond acceptors (Lipinski definition) is 4. The van der Waals surface area contributed by atoms with Crippen molar-refractivity contribution in [3.8, 4) is 78.8 Å². The third-order valence-electron chi connectivity index (χ3n) is 11.9. The highest BCUT2D eigenvalue weighted by Crippen LogP contribution is 2.50. The van der Waals surface area contributed by atoms with Gasteiger partial charge in [-0.05, 0) is 91.7 Å². The summed E-state index contributed by atoms with van der Waals surface area (Å²) in [6.45, 7) is 4.64. The van der Waals surface area contributed by atoms with Gasteiger partial charge in [0.25, 0.3) is 0 Å². The predicted molar refractivity (Wildman–Crippen MR) is 243 cm³/mol. The van der Waals surface area contributed by atoms with Crippen LogP contribution in [-0.4, -0.2) is 19.9 Å². The smallest absolute Gasteiger partial charge is 0.164 e. The second-order valence-electron chi connectivity index (χ2n) is 15.9. The molecule has 10 aromatic rings. The predicted octanol–water partition coefficient (Wildman–Crippen LogP) is 13.9. The standard InChI is InChI=1S/C55H38N4/c1-55(2)48-26-12-11-25-44(48)46-32-47-45(33-50(37-18-7-4-8-19-37)56-51(47)34-49(46)55)40-22-14-24-42(31-40)53-57-52(41-23-13-21-39(29-41)35-15-5-3-6-16-35)58-54(59-53)43-28-27-36-17-9-10-20-38(36)30-43/h3-34H,1-2H3. The first-order chi connectivity index (χ1) is 29.0. The molecule has 0 amide bonds. The highest BCUT2D eigenvalue weighted by Gasteiger charge is 2.36. The summed E-state index contributed by atoms with van der Waals surface area (Å²) < 4.78 is 0. The summed E-state index contributed by atoms with van der Waals surface area (Å²) in [5, 5.41) is 3.42. The summed E-state index contributed by atoms with van der Waals surface area (Å²) >= 11 is 0. The molecule has 59 heavy (non-hydrogen) atoms. The number of hydrogen-bond donors (Lipinski definition) is 0. The van der Waals surface area contributed by atoms with Crippen LogP contribution >= 0.6 is 0 Å². The average Bonchev–Trinajstić information content (AvgIpc) is 3.53. The molecule has 0 radical (unpaired) electrons. The Hall–Kier alpha value is -7.56. The highest BCUT2D eigenvalue weighted by atomic mass is 15.0. The Morgan fingerprint density at radius 1 is 0.322 bits per heavy atom. The molecule has 8 aromatic carbocycles. The van der Waals surface area contributed by atoms with E-state index >= 15 is 0 Å². The van der Waals surface area contributed by atoms with E-state index in [0.29, 0.717) is 17.5 Å². The van der Waals surface area contributed by atoms with Gasteiger partial charge in [-0.25, -0.2) is 19.9 Å². The van der Waals surface area contributed by atoms with E-state index in [1.807, 2.05) is 6.07 Å². The summed E-state index contributed by atoms with van der Waals surface area (Å²) in [6, 6.07) is 68.5. The van der Waals surface area contributed by atoms with Crippen LogP contribution in [0.15, 0.2) is 194 Å². The molecule has 0 atom stereocenters. The van der Waals surface area contributed by atoms with E-state index < -0.39 is 0 Å². The monoisotopic (exact) mass is 754 g/mol. The number of fused-ring (bicyclic) bond motifs is 5. The van der Waals surface area contributed by atoms with Crippen molar-refractivity contribution < 1.29 is 0 Å². The van der Waals surface area contributed by atoms with E-state index in [4.69, 9.17) is 19.9 Å². The lowest BCUT2D eigenvalue weighted by atomic mass is 9.82. The van der Waals surface area contributed by atoms with E-state index in [2.05, 4.69) is 202 Å². The molecule has 0 unspecified atom stereocenters. The molecular formula is C55H38N4. The molecule has 0 spiro atoms. The second kappa shape index (κ2) is 13.8. The Bertz CT molecular complexity index is 3240. The van der Waals surface area contributed by atoms with Gasteiger partial charge in [-0.2, -0.15) is 0 Å². The van der Waals surface area contributed by atoms with Crippen molar-refractivity contribution in [2.75, 3.05) is 0 Å². The fraction of sp³-hybridized carbons (Fsp3) is 0.0545. The average molecular weight is 755 g/mol. The lowest BCUT2D eigenvalue weighted by Crippen LogP contribution is -2.14. The van der Waals surface area contributed by atoms with Crippen LogP contribution in [0.4, 0.5) is 0 Å². The minimum absolute atomic E-state index is 0.135. The van der Waals surface area contributed by atoms with Crippen LogP contribution in [0.3, 0.4) is 0 Å². The van der Waals surface area contributed by atoms with Gasteiger partial charge in [0, 0.05) is 33.1 Å². The van der Waals surface area contributed by atoms with Crippen molar-refractivity contribution in [3.63, 3.8) is 0 Å². The topological polar surface area (TPSA) is 51.6 Å². The number of aromatic nitrogens is 4. The van der Waals surface area contributed by atoms with Gasteiger partial charge in [-0.3, -0.25) is 0 Å². The van der Waals surface area contributed by atoms with E-state index in [1.165, 1.54) is 27.6 Å². The van der Waals surface area contributed by atoms with E-state index in [1.54, 1.807) is 0 Å². The van der Waals surface area contributed by atoms with Crippen LogP contribution in [-0.2, 0) is 5.41 Å². The number of benzene rings is 8. The van der Waals surface area contributed by atoms with Gasteiger partial charge >= 0.3 is 0 Å². The highest BCUT2D eigenvalue weighted by molar-refractivity contribution is 6.02. The first-order valence-corrected chi connectivity index (χ1v) is 20.1. The zero-order valence-corrected chi connectivity index (χ0v) is 32.8. The van der Waals surface area contributed by atoms with Crippen molar-refractivity contribution in [1.82, 2.24) is 19.9 Å². The Morgan fingerprint density at radius 3 is 1.61 bits per heavy atom. The molecule has 0 bridgehead atoms. The van der Waals surface area contributed by atoms with Crippen LogP contribution in [0, 0.1) is 0 Å². The van der Waals surface area contributed by atoms with Crippen molar-refractivity contribution in [3.05, 3.63) is 205 Å². The van der Waals surface area contributed by atoms with Gasteiger partial charge in [-0.1, -0.05) is 172 Å². The molecule has 4 nitrogen and oxygen atoms in total. The number of nitrogens with zero attached hydrogens (tertiary/aromatic N) is 4. The molecule has 0 saturated carbocycles. The Morgan fingerprint density at radius 2 is 0.881 bits per heavy atom. The molecule has 0 aliphatic heterocycles. The van der Waals surface area contributed by atoms with Gasteiger partial charge in [0.15, 0.2) is 17.5 Å². The summed E-state index contributed by atoms with van der Waals surface area (Å²) in [4.78, 5) is 20.9. The van der Waals surface area contributed by atoms with E-state index in [-0.39, 0.29) is 5.41 Å². The normalized spacial score (nSPS) is 12.7. The minimum atomic E-state index is -0.135. The fourth-order valence-corrected chi connectivity index (χ4v) is 8.80. The molecule has 0 fully saturated rings. The van der Waals surface area contributed by atoms with Crippen molar-refractivity contribution in [2.24, 2.45) is 0 Å². The molecule has 1 aliphatic carbocycles.